The number of rotatable bonds is 4. The van der Waals surface area contributed by atoms with Crippen LogP contribution < -0.4 is 9.46 Å². The van der Waals surface area contributed by atoms with Crippen LogP contribution in [-0.4, -0.2) is 32.0 Å². The number of nitrogens with one attached hydrogen (secondary N) is 1. The van der Waals surface area contributed by atoms with Gasteiger partial charge in [-0.05, 0) is 24.3 Å². The molecule has 0 aliphatic rings. The van der Waals surface area contributed by atoms with Gasteiger partial charge in [-0.15, -0.1) is 10.2 Å². The van der Waals surface area contributed by atoms with E-state index in [1.807, 2.05) is 12.1 Å². The van der Waals surface area contributed by atoms with Crippen molar-refractivity contribution >= 4 is 26.5 Å². The molecule has 0 fully saturated rings. The third-order valence-corrected chi connectivity index (χ3v) is 3.62. The fraction of sp³-hybridized carbons (Fsp3) is 0.200. The molecule has 96 valence electrons. The molecule has 1 heterocycles. The molecule has 0 unspecified atom stereocenters. The van der Waals surface area contributed by atoms with Gasteiger partial charge in [-0.1, -0.05) is 11.3 Å². The lowest BCUT2D eigenvalue weighted by atomic mass is 10.2. The van der Waals surface area contributed by atoms with Gasteiger partial charge in [0.1, 0.15) is 10.8 Å². The molecule has 1 N–H and O–H groups in total. The Balaban J connectivity index is 2.23. The van der Waals surface area contributed by atoms with E-state index in [0.717, 1.165) is 17.6 Å². The summed E-state index contributed by atoms with van der Waals surface area (Å²) in [5.74, 6) is 0.748. The van der Waals surface area contributed by atoms with Crippen LogP contribution in [0.5, 0.6) is 5.75 Å². The number of benzene rings is 1. The standard InChI is InChI=1S/C10H11N3O3S2/c1-16-8-5-3-7(4-6-8)9-11-12-10(17-9)13-18(2,14)15/h3-6H,1-2H3,(H,12,13). The number of ether oxygens (including phenoxy) is 1. The molecule has 0 spiro atoms. The van der Waals surface area contributed by atoms with Gasteiger partial charge in [0.15, 0.2) is 0 Å². The first-order valence-corrected chi connectivity index (χ1v) is 7.64. The highest BCUT2D eigenvalue weighted by Gasteiger charge is 2.10. The van der Waals surface area contributed by atoms with Crippen molar-refractivity contribution < 1.29 is 13.2 Å². The highest BCUT2D eigenvalue weighted by Crippen LogP contribution is 2.27. The molecule has 6 nitrogen and oxygen atoms in total. The first-order chi connectivity index (χ1) is 8.48. The average Bonchev–Trinajstić information content (AvgIpc) is 2.75. The largest absolute Gasteiger partial charge is 0.497 e. The molecule has 1 aromatic carbocycles. The van der Waals surface area contributed by atoms with E-state index in [9.17, 15) is 8.42 Å². The van der Waals surface area contributed by atoms with E-state index < -0.39 is 10.0 Å². The van der Waals surface area contributed by atoms with Crippen molar-refractivity contribution in [1.29, 1.82) is 0 Å². The summed E-state index contributed by atoms with van der Waals surface area (Å²) >= 11 is 1.17. The molecule has 0 bridgehead atoms. The molecule has 0 atom stereocenters. The van der Waals surface area contributed by atoms with E-state index in [0.29, 0.717) is 5.01 Å². The maximum atomic E-state index is 11.0. The van der Waals surface area contributed by atoms with Crippen LogP contribution in [-0.2, 0) is 10.0 Å². The number of sulfonamides is 1. The SMILES string of the molecule is COc1ccc(-c2nnc(NS(C)(=O)=O)s2)cc1. The maximum absolute atomic E-state index is 11.0. The molecule has 8 heteroatoms. The van der Waals surface area contributed by atoms with Crippen LogP contribution in [0.4, 0.5) is 5.13 Å². The minimum absolute atomic E-state index is 0.253. The Kier molecular flexibility index (Phi) is 3.48. The average molecular weight is 285 g/mol. The van der Waals surface area contributed by atoms with Crippen LogP contribution in [0.2, 0.25) is 0 Å². The lowest BCUT2D eigenvalue weighted by Gasteiger charge is -1.99. The Morgan fingerprint density at radius 3 is 2.44 bits per heavy atom. The summed E-state index contributed by atoms with van der Waals surface area (Å²) in [6.07, 6.45) is 1.07. The number of hydrogen-bond donors (Lipinski definition) is 1. The normalized spacial score (nSPS) is 11.2. The molecule has 0 radical (unpaired) electrons. The highest BCUT2D eigenvalue weighted by atomic mass is 32.2. The summed E-state index contributed by atoms with van der Waals surface area (Å²) in [5, 5.41) is 8.59. The first kappa shape index (κ1) is 12.8. The van der Waals surface area contributed by atoms with Crippen molar-refractivity contribution in [3.8, 4) is 16.3 Å². The van der Waals surface area contributed by atoms with Crippen molar-refractivity contribution in [2.45, 2.75) is 0 Å². The summed E-state index contributed by atoms with van der Waals surface area (Å²) in [6, 6.07) is 7.29. The topological polar surface area (TPSA) is 81.2 Å². The van der Waals surface area contributed by atoms with Crippen LogP contribution >= 0.6 is 11.3 Å². The zero-order valence-electron chi connectivity index (χ0n) is 9.75. The molecule has 1 aromatic heterocycles. The fourth-order valence-electron chi connectivity index (χ4n) is 1.27. The molecule has 0 saturated heterocycles. The highest BCUT2D eigenvalue weighted by molar-refractivity contribution is 7.92. The molecule has 0 aliphatic carbocycles. The summed E-state index contributed by atoms with van der Waals surface area (Å²) in [6.45, 7) is 0. The molecule has 0 saturated carbocycles. The Labute approximate surface area is 109 Å². The van der Waals surface area contributed by atoms with Crippen molar-refractivity contribution in [2.75, 3.05) is 18.1 Å². The lowest BCUT2D eigenvalue weighted by Crippen LogP contribution is -2.08. The molecule has 0 amide bonds. The van der Waals surface area contributed by atoms with Crippen molar-refractivity contribution in [3.63, 3.8) is 0 Å². The molecule has 0 aliphatic heterocycles. The number of nitrogens with zero attached hydrogens (tertiary/aromatic N) is 2. The summed E-state index contributed by atoms with van der Waals surface area (Å²) in [4.78, 5) is 0. The second-order valence-corrected chi connectivity index (χ2v) is 6.24. The lowest BCUT2D eigenvalue weighted by molar-refractivity contribution is 0.415. The minimum atomic E-state index is -3.32. The predicted octanol–water partition coefficient (Wildman–Crippen LogP) is 1.59. The second-order valence-electron chi connectivity index (χ2n) is 3.52. The van der Waals surface area contributed by atoms with E-state index in [1.54, 1.807) is 19.2 Å². The number of methoxy groups -OCH3 is 1. The van der Waals surface area contributed by atoms with Crippen molar-refractivity contribution in [2.24, 2.45) is 0 Å². The molecule has 2 rings (SSSR count). The van der Waals surface area contributed by atoms with Crippen LogP contribution in [0.3, 0.4) is 0 Å². The Morgan fingerprint density at radius 2 is 1.89 bits per heavy atom. The molecule has 18 heavy (non-hydrogen) atoms. The third-order valence-electron chi connectivity index (χ3n) is 2.03. The van der Waals surface area contributed by atoms with E-state index in [-0.39, 0.29) is 5.13 Å². The minimum Gasteiger partial charge on any atom is -0.497 e. The van der Waals surface area contributed by atoms with Gasteiger partial charge in [0, 0.05) is 5.56 Å². The van der Waals surface area contributed by atoms with Gasteiger partial charge in [-0.2, -0.15) is 0 Å². The zero-order chi connectivity index (χ0) is 13.2. The summed E-state index contributed by atoms with van der Waals surface area (Å²) in [5.41, 5.74) is 0.856. The Bertz CT molecular complexity index is 635. The predicted molar refractivity (Wildman–Crippen MR) is 70.4 cm³/mol. The Hall–Kier alpha value is -1.67. The van der Waals surface area contributed by atoms with Gasteiger partial charge >= 0.3 is 0 Å². The van der Waals surface area contributed by atoms with E-state index in [4.69, 9.17) is 4.74 Å². The zero-order valence-corrected chi connectivity index (χ0v) is 11.4. The van der Waals surface area contributed by atoms with Gasteiger partial charge < -0.3 is 4.74 Å². The van der Waals surface area contributed by atoms with Gasteiger partial charge in [-0.25, -0.2) is 8.42 Å². The van der Waals surface area contributed by atoms with Gasteiger partial charge in [0.25, 0.3) is 0 Å². The van der Waals surface area contributed by atoms with Crippen LogP contribution in [0.1, 0.15) is 0 Å². The van der Waals surface area contributed by atoms with Gasteiger partial charge in [0.05, 0.1) is 13.4 Å². The first-order valence-electron chi connectivity index (χ1n) is 4.93. The fourth-order valence-corrected chi connectivity index (χ4v) is 2.85. The monoisotopic (exact) mass is 285 g/mol. The van der Waals surface area contributed by atoms with Gasteiger partial charge in [0.2, 0.25) is 15.2 Å². The van der Waals surface area contributed by atoms with Crippen LogP contribution in [0.15, 0.2) is 24.3 Å². The Morgan fingerprint density at radius 1 is 1.22 bits per heavy atom. The number of hydrogen-bond acceptors (Lipinski definition) is 6. The molecular weight excluding hydrogens is 274 g/mol. The number of aromatic nitrogens is 2. The quantitative estimate of drug-likeness (QED) is 0.922. The molecular formula is C10H11N3O3S2. The third kappa shape index (κ3) is 3.17. The van der Waals surface area contributed by atoms with E-state index >= 15 is 0 Å². The van der Waals surface area contributed by atoms with Crippen molar-refractivity contribution in [3.05, 3.63) is 24.3 Å². The number of anilines is 1. The van der Waals surface area contributed by atoms with E-state index in [1.165, 1.54) is 11.3 Å². The smallest absolute Gasteiger partial charge is 0.231 e. The summed E-state index contributed by atoms with van der Waals surface area (Å²) < 4.78 is 29.4. The van der Waals surface area contributed by atoms with Crippen LogP contribution in [0, 0.1) is 0 Å². The maximum Gasteiger partial charge on any atom is 0.231 e. The van der Waals surface area contributed by atoms with Crippen molar-refractivity contribution in [1.82, 2.24) is 10.2 Å². The second kappa shape index (κ2) is 4.91. The van der Waals surface area contributed by atoms with E-state index in [2.05, 4.69) is 14.9 Å². The van der Waals surface area contributed by atoms with Crippen LogP contribution in [0.25, 0.3) is 10.6 Å². The molecule has 2 aromatic rings. The van der Waals surface area contributed by atoms with Gasteiger partial charge in [-0.3, -0.25) is 4.72 Å². The summed E-state index contributed by atoms with van der Waals surface area (Å²) in [7, 11) is -1.73.